The highest BCUT2D eigenvalue weighted by Gasteiger charge is 2.55. The minimum Gasteiger partial charge on any atom is -0.372 e. The SMILES string of the molecule is CCNCC1(CC2CCC3(CCCCC3)O2)CC2CC2C1. The smallest absolute Gasteiger partial charge is 0.0687 e. The number of nitrogens with one attached hydrogen (secondary N) is 1. The zero-order chi connectivity index (χ0) is 14.3. The van der Waals surface area contributed by atoms with Crippen LogP contribution in [0.1, 0.15) is 77.6 Å². The van der Waals surface area contributed by atoms with Gasteiger partial charge in [-0.1, -0.05) is 26.2 Å². The molecule has 4 rings (SSSR count). The zero-order valence-electron chi connectivity index (χ0n) is 13.8. The third-order valence-electron chi connectivity index (χ3n) is 6.97. The third-order valence-corrected chi connectivity index (χ3v) is 6.97. The number of fused-ring (bicyclic) bond motifs is 1. The summed E-state index contributed by atoms with van der Waals surface area (Å²) in [6.45, 7) is 4.60. The van der Waals surface area contributed by atoms with Gasteiger partial charge in [0.2, 0.25) is 0 Å². The fourth-order valence-corrected chi connectivity index (χ4v) is 5.87. The van der Waals surface area contributed by atoms with Gasteiger partial charge in [-0.2, -0.15) is 0 Å². The molecule has 1 spiro atoms. The maximum absolute atomic E-state index is 6.68. The zero-order valence-corrected chi connectivity index (χ0v) is 13.8. The van der Waals surface area contributed by atoms with Crippen molar-refractivity contribution in [3.8, 4) is 0 Å². The van der Waals surface area contributed by atoms with Gasteiger partial charge in [0.15, 0.2) is 0 Å². The van der Waals surface area contributed by atoms with E-state index < -0.39 is 0 Å². The summed E-state index contributed by atoms with van der Waals surface area (Å²) in [7, 11) is 0. The highest BCUT2D eigenvalue weighted by atomic mass is 16.5. The van der Waals surface area contributed by atoms with Crippen LogP contribution in [-0.4, -0.2) is 24.8 Å². The average Bonchev–Trinajstić information content (AvgIpc) is 2.93. The van der Waals surface area contributed by atoms with Crippen molar-refractivity contribution in [3.63, 3.8) is 0 Å². The van der Waals surface area contributed by atoms with Gasteiger partial charge < -0.3 is 10.1 Å². The van der Waals surface area contributed by atoms with Crippen LogP contribution in [0.25, 0.3) is 0 Å². The molecule has 1 N–H and O–H groups in total. The molecule has 0 aromatic carbocycles. The van der Waals surface area contributed by atoms with E-state index in [-0.39, 0.29) is 0 Å². The Morgan fingerprint density at radius 1 is 1.05 bits per heavy atom. The van der Waals surface area contributed by atoms with Crippen molar-refractivity contribution in [1.29, 1.82) is 0 Å². The molecule has 1 aliphatic heterocycles. The van der Waals surface area contributed by atoms with Gasteiger partial charge in [0.25, 0.3) is 0 Å². The second kappa shape index (κ2) is 5.53. The summed E-state index contributed by atoms with van der Waals surface area (Å²) in [4.78, 5) is 0. The molecule has 4 aliphatic rings. The van der Waals surface area contributed by atoms with Gasteiger partial charge in [0.05, 0.1) is 11.7 Å². The fourth-order valence-electron chi connectivity index (χ4n) is 5.87. The first kappa shape index (κ1) is 14.5. The number of rotatable bonds is 5. The monoisotopic (exact) mass is 291 g/mol. The Morgan fingerprint density at radius 3 is 2.52 bits per heavy atom. The topological polar surface area (TPSA) is 21.3 Å². The molecular formula is C19H33NO. The van der Waals surface area contributed by atoms with Crippen LogP contribution >= 0.6 is 0 Å². The quantitative estimate of drug-likeness (QED) is 0.816. The Morgan fingerprint density at radius 2 is 1.81 bits per heavy atom. The van der Waals surface area contributed by atoms with Gasteiger partial charge >= 0.3 is 0 Å². The molecule has 0 aromatic heterocycles. The van der Waals surface area contributed by atoms with E-state index in [2.05, 4.69) is 12.2 Å². The molecule has 3 atom stereocenters. The third kappa shape index (κ3) is 2.91. The molecule has 120 valence electrons. The number of hydrogen-bond donors (Lipinski definition) is 1. The van der Waals surface area contributed by atoms with Crippen molar-refractivity contribution in [1.82, 2.24) is 5.32 Å². The molecule has 21 heavy (non-hydrogen) atoms. The highest BCUT2D eigenvalue weighted by molar-refractivity contribution is 5.05. The van der Waals surface area contributed by atoms with Crippen LogP contribution < -0.4 is 5.32 Å². The van der Waals surface area contributed by atoms with Gasteiger partial charge in [0, 0.05) is 6.54 Å². The van der Waals surface area contributed by atoms with Crippen LogP contribution in [-0.2, 0) is 4.74 Å². The van der Waals surface area contributed by atoms with E-state index in [1.165, 1.54) is 77.2 Å². The summed E-state index contributed by atoms with van der Waals surface area (Å²) in [5.74, 6) is 2.15. The Balaban J connectivity index is 1.37. The van der Waals surface area contributed by atoms with Crippen LogP contribution in [0.3, 0.4) is 0 Å². The fraction of sp³-hybridized carbons (Fsp3) is 1.00. The molecule has 3 unspecified atom stereocenters. The molecule has 0 radical (unpaired) electrons. The summed E-state index contributed by atoms with van der Waals surface area (Å²) in [5, 5.41) is 3.66. The number of hydrogen-bond acceptors (Lipinski definition) is 2. The lowest BCUT2D eigenvalue weighted by Gasteiger charge is -2.37. The van der Waals surface area contributed by atoms with Crippen LogP contribution in [0.4, 0.5) is 0 Å². The summed E-state index contributed by atoms with van der Waals surface area (Å²) >= 11 is 0. The van der Waals surface area contributed by atoms with E-state index in [0.29, 0.717) is 17.1 Å². The van der Waals surface area contributed by atoms with Crippen LogP contribution in [0, 0.1) is 17.3 Å². The molecule has 2 heteroatoms. The maximum atomic E-state index is 6.68. The maximum Gasteiger partial charge on any atom is 0.0687 e. The lowest BCUT2D eigenvalue weighted by Crippen LogP contribution is -2.38. The predicted molar refractivity (Wildman–Crippen MR) is 86.3 cm³/mol. The largest absolute Gasteiger partial charge is 0.372 e. The molecule has 2 nitrogen and oxygen atoms in total. The first-order valence-electron chi connectivity index (χ1n) is 9.61. The van der Waals surface area contributed by atoms with E-state index in [0.717, 1.165) is 18.4 Å². The Kier molecular flexibility index (Phi) is 3.82. The molecule has 4 fully saturated rings. The predicted octanol–water partition coefficient (Wildman–Crippen LogP) is 4.28. The normalized spacial score (nSPS) is 44.1. The Bertz CT molecular complexity index is 364. The molecule has 0 bridgehead atoms. The lowest BCUT2D eigenvalue weighted by molar-refractivity contribution is -0.0774. The molecule has 0 amide bonds. The van der Waals surface area contributed by atoms with Gasteiger partial charge in [-0.3, -0.25) is 0 Å². The molecule has 3 saturated carbocycles. The van der Waals surface area contributed by atoms with E-state index in [1.807, 2.05) is 0 Å². The number of ether oxygens (including phenoxy) is 1. The molecular weight excluding hydrogens is 258 g/mol. The van der Waals surface area contributed by atoms with Crippen molar-refractivity contribution in [3.05, 3.63) is 0 Å². The standard InChI is InChI=1S/C19H33NO/c1-2-20-14-18(11-15-10-16(15)12-18)13-17-6-9-19(21-17)7-4-3-5-8-19/h15-17,20H,2-14H2,1H3. The van der Waals surface area contributed by atoms with Gasteiger partial charge in [-0.25, -0.2) is 0 Å². The average molecular weight is 291 g/mol. The minimum absolute atomic E-state index is 0.309. The van der Waals surface area contributed by atoms with E-state index in [9.17, 15) is 0 Å². The summed E-state index contributed by atoms with van der Waals surface area (Å²) < 4.78 is 6.68. The second-order valence-electron chi connectivity index (χ2n) is 8.67. The van der Waals surface area contributed by atoms with Crippen LogP contribution in [0.2, 0.25) is 0 Å². The second-order valence-corrected chi connectivity index (χ2v) is 8.67. The summed E-state index contributed by atoms with van der Waals surface area (Å²) in [6, 6.07) is 0. The van der Waals surface area contributed by atoms with Crippen molar-refractivity contribution in [2.45, 2.75) is 89.3 Å². The van der Waals surface area contributed by atoms with Gasteiger partial charge in [-0.05, 0) is 75.2 Å². The van der Waals surface area contributed by atoms with Crippen LogP contribution in [0.5, 0.6) is 0 Å². The van der Waals surface area contributed by atoms with Crippen molar-refractivity contribution < 1.29 is 4.74 Å². The molecule has 0 aromatic rings. The Labute approximate surface area is 130 Å². The molecule has 1 saturated heterocycles. The van der Waals surface area contributed by atoms with Crippen molar-refractivity contribution in [2.24, 2.45) is 17.3 Å². The van der Waals surface area contributed by atoms with Crippen molar-refractivity contribution in [2.75, 3.05) is 13.1 Å². The summed E-state index contributed by atoms with van der Waals surface area (Å²) in [6.07, 6.45) is 16.0. The van der Waals surface area contributed by atoms with E-state index in [4.69, 9.17) is 4.74 Å². The van der Waals surface area contributed by atoms with E-state index >= 15 is 0 Å². The Hall–Kier alpha value is -0.0800. The van der Waals surface area contributed by atoms with Crippen LogP contribution in [0.15, 0.2) is 0 Å². The van der Waals surface area contributed by atoms with Gasteiger partial charge in [0.1, 0.15) is 0 Å². The first-order chi connectivity index (χ1) is 10.2. The minimum atomic E-state index is 0.309. The lowest BCUT2D eigenvalue weighted by atomic mass is 9.77. The first-order valence-corrected chi connectivity index (χ1v) is 9.61. The highest BCUT2D eigenvalue weighted by Crippen LogP contribution is 2.62. The van der Waals surface area contributed by atoms with Crippen molar-refractivity contribution >= 4 is 0 Å². The summed E-state index contributed by atoms with van der Waals surface area (Å²) in [5.41, 5.74) is 0.887. The van der Waals surface area contributed by atoms with E-state index in [1.54, 1.807) is 0 Å². The molecule has 1 heterocycles. The molecule has 3 aliphatic carbocycles. The van der Waals surface area contributed by atoms with Gasteiger partial charge in [-0.15, -0.1) is 0 Å².